The van der Waals surface area contributed by atoms with Gasteiger partial charge in [-0.15, -0.1) is 11.3 Å². The molecule has 106 valence electrons. The van der Waals surface area contributed by atoms with Gasteiger partial charge in [0.1, 0.15) is 5.82 Å². The number of nitrogens with one attached hydrogen (secondary N) is 1. The molecule has 0 unspecified atom stereocenters. The molecule has 0 aliphatic heterocycles. The number of ether oxygens (including phenoxy) is 1. The summed E-state index contributed by atoms with van der Waals surface area (Å²) in [5.74, 6) is 0.980. The Hall–Kier alpha value is -1.59. The summed E-state index contributed by atoms with van der Waals surface area (Å²) < 4.78 is 5.02. The van der Waals surface area contributed by atoms with Crippen molar-refractivity contribution in [1.29, 1.82) is 0 Å². The van der Waals surface area contributed by atoms with Gasteiger partial charge in [-0.25, -0.2) is 0 Å². The lowest BCUT2D eigenvalue weighted by Crippen LogP contribution is -2.11. The molecule has 0 saturated carbocycles. The molecule has 2 aromatic rings. The summed E-state index contributed by atoms with van der Waals surface area (Å²) in [6.45, 7) is 4.09. The van der Waals surface area contributed by atoms with Crippen LogP contribution in [0.5, 0.6) is 5.88 Å². The summed E-state index contributed by atoms with van der Waals surface area (Å²) >= 11 is 7.53. The van der Waals surface area contributed by atoms with Gasteiger partial charge in [0.05, 0.1) is 17.0 Å². The molecule has 2 aromatic heterocycles. The highest BCUT2D eigenvalue weighted by Gasteiger charge is 2.16. The number of carbonyl (C=O) groups excluding carboxylic acids is 1. The molecular formula is C14H15ClN2O2S. The first-order valence-corrected chi connectivity index (χ1v) is 7.32. The largest absolute Gasteiger partial charge is 0.481 e. The van der Waals surface area contributed by atoms with Crippen LogP contribution in [0.3, 0.4) is 0 Å². The number of aromatic nitrogens is 1. The van der Waals surface area contributed by atoms with Gasteiger partial charge < -0.3 is 10.1 Å². The van der Waals surface area contributed by atoms with Crippen LogP contribution in [0.1, 0.15) is 34.3 Å². The average Bonchev–Trinajstić information content (AvgIpc) is 2.81. The normalized spacial score (nSPS) is 10.7. The number of anilines is 1. The molecular weight excluding hydrogens is 296 g/mol. The molecule has 1 amide bonds. The molecule has 2 heterocycles. The minimum atomic E-state index is -0.218. The third-order valence-corrected chi connectivity index (χ3v) is 4.49. The molecule has 0 radical (unpaired) electrons. The van der Waals surface area contributed by atoms with Crippen LogP contribution in [0.2, 0.25) is 5.02 Å². The van der Waals surface area contributed by atoms with E-state index in [4.69, 9.17) is 16.3 Å². The fourth-order valence-corrected chi connectivity index (χ4v) is 3.12. The first-order chi connectivity index (χ1) is 9.51. The number of carbonyl (C=O) groups is 1. The van der Waals surface area contributed by atoms with Crippen molar-refractivity contribution >= 4 is 34.7 Å². The summed E-state index contributed by atoms with van der Waals surface area (Å²) in [5, 5.41) is 3.37. The van der Waals surface area contributed by atoms with Crippen LogP contribution < -0.4 is 10.1 Å². The summed E-state index contributed by atoms with van der Waals surface area (Å²) in [6, 6.07) is 6.88. The van der Waals surface area contributed by atoms with Crippen molar-refractivity contribution in [2.75, 3.05) is 12.4 Å². The number of hydrogen-bond acceptors (Lipinski definition) is 4. The number of nitrogens with zero attached hydrogens (tertiary/aromatic N) is 1. The summed E-state index contributed by atoms with van der Waals surface area (Å²) in [6.07, 6.45) is 0. The van der Waals surface area contributed by atoms with Crippen molar-refractivity contribution in [2.24, 2.45) is 0 Å². The molecule has 0 spiro atoms. The standard InChI is InChI=1S/C14H15ClN2O2S/c1-8(2)13-9(15)7-10(20-13)14(18)17-11-5-4-6-12(16-11)19-3/h4-8H,1-3H3,(H,16,17,18). The van der Waals surface area contributed by atoms with Crippen molar-refractivity contribution in [2.45, 2.75) is 19.8 Å². The first-order valence-electron chi connectivity index (χ1n) is 6.13. The second kappa shape index (κ2) is 6.24. The lowest BCUT2D eigenvalue weighted by atomic mass is 10.2. The van der Waals surface area contributed by atoms with Crippen molar-refractivity contribution in [1.82, 2.24) is 4.98 Å². The van der Waals surface area contributed by atoms with Crippen LogP contribution in [0, 0.1) is 0 Å². The highest BCUT2D eigenvalue weighted by molar-refractivity contribution is 7.14. The SMILES string of the molecule is COc1cccc(NC(=O)c2cc(Cl)c(C(C)C)s2)n1. The minimum Gasteiger partial charge on any atom is -0.481 e. The highest BCUT2D eigenvalue weighted by atomic mass is 35.5. The van der Waals surface area contributed by atoms with E-state index < -0.39 is 0 Å². The maximum atomic E-state index is 12.2. The fourth-order valence-electron chi connectivity index (χ4n) is 1.66. The number of rotatable bonds is 4. The Morgan fingerprint density at radius 2 is 2.20 bits per heavy atom. The van der Waals surface area contributed by atoms with E-state index in [0.717, 1.165) is 4.88 Å². The quantitative estimate of drug-likeness (QED) is 0.921. The maximum absolute atomic E-state index is 12.2. The summed E-state index contributed by atoms with van der Waals surface area (Å²) in [7, 11) is 1.53. The molecule has 0 fully saturated rings. The molecule has 0 atom stereocenters. The first kappa shape index (κ1) is 14.8. The zero-order chi connectivity index (χ0) is 14.7. The van der Waals surface area contributed by atoms with Gasteiger partial charge in [-0.3, -0.25) is 4.79 Å². The molecule has 2 rings (SSSR count). The maximum Gasteiger partial charge on any atom is 0.266 e. The minimum absolute atomic E-state index is 0.218. The number of hydrogen-bond donors (Lipinski definition) is 1. The fraction of sp³-hybridized carbons (Fsp3) is 0.286. The number of thiophene rings is 1. The van der Waals surface area contributed by atoms with Crippen molar-refractivity contribution in [3.05, 3.63) is 39.0 Å². The smallest absolute Gasteiger partial charge is 0.266 e. The molecule has 0 bridgehead atoms. The Bertz CT molecular complexity index is 625. The average molecular weight is 311 g/mol. The second-order valence-corrected chi connectivity index (χ2v) is 5.99. The Morgan fingerprint density at radius 3 is 2.80 bits per heavy atom. The van der Waals surface area contributed by atoms with E-state index in [1.54, 1.807) is 24.3 Å². The second-order valence-electron chi connectivity index (χ2n) is 4.50. The van der Waals surface area contributed by atoms with Gasteiger partial charge in [0.2, 0.25) is 5.88 Å². The molecule has 0 saturated heterocycles. The third-order valence-electron chi connectivity index (χ3n) is 2.64. The number of amides is 1. The van der Waals surface area contributed by atoms with Crippen LogP contribution in [-0.2, 0) is 0 Å². The summed E-state index contributed by atoms with van der Waals surface area (Å²) in [5.41, 5.74) is 0. The van der Waals surface area contributed by atoms with Gasteiger partial charge in [-0.05, 0) is 18.1 Å². The van der Waals surface area contributed by atoms with E-state index in [1.165, 1.54) is 18.4 Å². The van der Waals surface area contributed by atoms with Gasteiger partial charge in [0.15, 0.2) is 0 Å². The van der Waals surface area contributed by atoms with Gasteiger partial charge >= 0.3 is 0 Å². The Balaban J connectivity index is 2.17. The predicted molar refractivity (Wildman–Crippen MR) is 82.2 cm³/mol. The van der Waals surface area contributed by atoms with Crippen LogP contribution in [0.4, 0.5) is 5.82 Å². The molecule has 4 nitrogen and oxygen atoms in total. The molecule has 1 N–H and O–H groups in total. The van der Waals surface area contributed by atoms with E-state index in [-0.39, 0.29) is 5.91 Å². The zero-order valence-electron chi connectivity index (χ0n) is 11.4. The van der Waals surface area contributed by atoms with Crippen LogP contribution in [0.15, 0.2) is 24.3 Å². The Morgan fingerprint density at radius 1 is 1.45 bits per heavy atom. The van der Waals surface area contributed by atoms with Gasteiger partial charge in [0.25, 0.3) is 5.91 Å². The number of halogens is 1. The lowest BCUT2D eigenvalue weighted by Gasteiger charge is -2.04. The molecule has 6 heteroatoms. The molecule has 20 heavy (non-hydrogen) atoms. The van der Waals surface area contributed by atoms with E-state index in [9.17, 15) is 4.79 Å². The molecule has 0 aliphatic rings. The van der Waals surface area contributed by atoms with E-state index in [2.05, 4.69) is 10.3 Å². The highest BCUT2D eigenvalue weighted by Crippen LogP contribution is 2.33. The number of pyridine rings is 1. The van der Waals surface area contributed by atoms with Crippen molar-refractivity contribution < 1.29 is 9.53 Å². The van der Waals surface area contributed by atoms with Gasteiger partial charge in [0, 0.05) is 10.9 Å². The van der Waals surface area contributed by atoms with Gasteiger partial charge in [-0.2, -0.15) is 4.98 Å². The Labute approximate surface area is 126 Å². The molecule has 0 aromatic carbocycles. The van der Waals surface area contributed by atoms with Crippen LogP contribution in [-0.4, -0.2) is 18.0 Å². The summed E-state index contributed by atoms with van der Waals surface area (Å²) in [4.78, 5) is 17.9. The Kier molecular flexibility index (Phi) is 4.62. The van der Waals surface area contributed by atoms with Crippen LogP contribution in [0.25, 0.3) is 0 Å². The van der Waals surface area contributed by atoms with Crippen LogP contribution >= 0.6 is 22.9 Å². The van der Waals surface area contributed by atoms with E-state index >= 15 is 0 Å². The van der Waals surface area contributed by atoms with E-state index in [1.807, 2.05) is 13.8 Å². The van der Waals surface area contributed by atoms with Gasteiger partial charge in [-0.1, -0.05) is 31.5 Å². The molecule has 0 aliphatic carbocycles. The predicted octanol–water partition coefficient (Wildman–Crippen LogP) is 4.18. The zero-order valence-corrected chi connectivity index (χ0v) is 13.0. The van der Waals surface area contributed by atoms with E-state index in [0.29, 0.717) is 27.5 Å². The lowest BCUT2D eigenvalue weighted by molar-refractivity contribution is 0.103. The topological polar surface area (TPSA) is 51.2 Å². The number of methoxy groups -OCH3 is 1. The third kappa shape index (κ3) is 3.29. The monoisotopic (exact) mass is 310 g/mol. The van der Waals surface area contributed by atoms with Crippen molar-refractivity contribution in [3.63, 3.8) is 0 Å². The van der Waals surface area contributed by atoms with Crippen molar-refractivity contribution in [3.8, 4) is 5.88 Å².